The van der Waals surface area contributed by atoms with E-state index < -0.39 is 5.82 Å². The molecule has 9 heteroatoms. The molecule has 1 amide bonds. The lowest BCUT2D eigenvalue weighted by Gasteiger charge is -2.32. The summed E-state index contributed by atoms with van der Waals surface area (Å²) in [4.78, 5) is 19.7. The van der Waals surface area contributed by atoms with E-state index >= 15 is 0 Å². The Bertz CT molecular complexity index is 937. The van der Waals surface area contributed by atoms with Gasteiger partial charge >= 0.3 is 0 Å². The number of aromatic nitrogens is 3. The lowest BCUT2D eigenvalue weighted by molar-refractivity contribution is -0.121. The maximum Gasteiger partial charge on any atom is 0.297 e. The maximum atomic E-state index is 14.9. The molecule has 1 N–H and O–H groups in total. The molecule has 2 aromatic heterocycles. The third kappa shape index (κ3) is 5.08. The molecule has 2 atom stereocenters. The van der Waals surface area contributed by atoms with Gasteiger partial charge in [-0.05, 0) is 52.4 Å². The van der Waals surface area contributed by atoms with Crippen LogP contribution in [-0.4, -0.2) is 50.9 Å². The van der Waals surface area contributed by atoms with Crippen molar-refractivity contribution < 1.29 is 23.4 Å². The van der Waals surface area contributed by atoms with Gasteiger partial charge in [0.1, 0.15) is 23.2 Å². The quantitative estimate of drug-likeness (QED) is 0.686. The van der Waals surface area contributed by atoms with Crippen LogP contribution in [0.5, 0.6) is 11.9 Å². The normalized spacial score (nSPS) is 23.4. The zero-order chi connectivity index (χ0) is 22.1. The summed E-state index contributed by atoms with van der Waals surface area (Å²) in [7, 11) is 1.74. The lowest BCUT2D eigenvalue weighted by Crippen LogP contribution is -2.42. The number of halogens is 1. The fraction of sp³-hybridized carbons (Fsp3) is 0.682. The predicted molar refractivity (Wildman–Crippen MR) is 113 cm³/mol. The van der Waals surface area contributed by atoms with Crippen LogP contribution in [0.1, 0.15) is 59.3 Å². The Morgan fingerprint density at radius 3 is 2.39 bits per heavy atom. The van der Waals surface area contributed by atoms with Crippen LogP contribution in [0.4, 0.5) is 4.39 Å². The van der Waals surface area contributed by atoms with Crippen LogP contribution in [-0.2, 0) is 16.6 Å². The fourth-order valence-corrected chi connectivity index (χ4v) is 3.95. The number of ether oxygens (including phenoxy) is 3. The van der Waals surface area contributed by atoms with Crippen LogP contribution in [0.15, 0.2) is 6.20 Å². The van der Waals surface area contributed by atoms with Gasteiger partial charge in [0, 0.05) is 14.0 Å². The number of amides is 1. The molecule has 31 heavy (non-hydrogen) atoms. The Morgan fingerprint density at radius 1 is 1.13 bits per heavy atom. The summed E-state index contributed by atoms with van der Waals surface area (Å²) < 4.78 is 34.3. The molecule has 2 aliphatic rings. The first-order valence-corrected chi connectivity index (χ1v) is 11.1. The average molecular weight is 435 g/mol. The Balaban J connectivity index is 1.34. The van der Waals surface area contributed by atoms with E-state index in [0.717, 1.165) is 38.5 Å². The molecule has 0 aliphatic heterocycles. The molecule has 0 saturated heterocycles. The molecule has 2 saturated carbocycles. The van der Waals surface area contributed by atoms with Crippen molar-refractivity contribution in [2.45, 2.75) is 89.8 Å². The summed E-state index contributed by atoms with van der Waals surface area (Å²) in [6.45, 7) is 5.43. The van der Waals surface area contributed by atoms with Crippen LogP contribution >= 0.6 is 0 Å². The number of hydrogen-bond donors (Lipinski definition) is 1. The van der Waals surface area contributed by atoms with Crippen LogP contribution in [0, 0.1) is 5.82 Å². The maximum absolute atomic E-state index is 14.9. The third-order valence-electron chi connectivity index (χ3n) is 6.02. The first-order valence-electron chi connectivity index (χ1n) is 11.1. The van der Waals surface area contributed by atoms with Gasteiger partial charge in [0.05, 0.1) is 24.4 Å². The number of nitrogens with zero attached hydrogens (tertiary/aromatic N) is 3. The van der Waals surface area contributed by atoms with Gasteiger partial charge in [-0.2, -0.15) is 9.37 Å². The van der Waals surface area contributed by atoms with Crippen molar-refractivity contribution in [3.63, 3.8) is 0 Å². The van der Waals surface area contributed by atoms with E-state index in [1.54, 1.807) is 11.6 Å². The van der Waals surface area contributed by atoms with Gasteiger partial charge in [-0.3, -0.25) is 9.36 Å². The van der Waals surface area contributed by atoms with Gasteiger partial charge in [0.2, 0.25) is 11.7 Å². The van der Waals surface area contributed by atoms with Gasteiger partial charge < -0.3 is 19.5 Å². The minimum Gasteiger partial charge on any atom is -0.472 e. The van der Waals surface area contributed by atoms with Crippen molar-refractivity contribution in [3.8, 4) is 11.9 Å². The first-order chi connectivity index (χ1) is 14.8. The molecule has 8 nitrogen and oxygen atoms in total. The van der Waals surface area contributed by atoms with Crippen molar-refractivity contribution in [1.82, 2.24) is 19.9 Å². The fourth-order valence-electron chi connectivity index (χ4n) is 3.95. The highest BCUT2D eigenvalue weighted by Crippen LogP contribution is 2.33. The zero-order valence-electron chi connectivity index (χ0n) is 18.6. The molecule has 0 aromatic carbocycles. The van der Waals surface area contributed by atoms with Crippen molar-refractivity contribution in [2.24, 2.45) is 7.05 Å². The zero-order valence-corrected chi connectivity index (χ0v) is 18.6. The minimum absolute atomic E-state index is 0.00311. The highest BCUT2D eigenvalue weighted by Gasteiger charge is 2.29. The number of pyridine rings is 1. The molecule has 0 spiro atoms. The highest BCUT2D eigenvalue weighted by molar-refractivity contribution is 5.77. The molecule has 170 valence electrons. The van der Waals surface area contributed by atoms with Crippen molar-refractivity contribution in [2.75, 3.05) is 0 Å². The Hall–Kier alpha value is -2.42. The van der Waals surface area contributed by atoms with E-state index in [1.807, 2.05) is 13.8 Å². The van der Waals surface area contributed by atoms with E-state index in [0.29, 0.717) is 17.0 Å². The molecule has 0 bridgehead atoms. The molecule has 2 aliphatic carbocycles. The Labute approximate surface area is 181 Å². The topological polar surface area (TPSA) is 87.5 Å². The third-order valence-corrected chi connectivity index (χ3v) is 6.02. The summed E-state index contributed by atoms with van der Waals surface area (Å²) in [5.74, 6) is -0.515. The summed E-state index contributed by atoms with van der Waals surface area (Å²) in [5.41, 5.74) is 0.800. The van der Waals surface area contributed by atoms with E-state index in [2.05, 4.69) is 15.3 Å². The van der Waals surface area contributed by atoms with Gasteiger partial charge in [0.25, 0.3) is 11.9 Å². The molecule has 0 unspecified atom stereocenters. The summed E-state index contributed by atoms with van der Waals surface area (Å²) >= 11 is 0. The SMILES string of the molecule is CC(=O)N[C@@H](C)[C@@H](C)OC1CCC(Oc2nc3cnc(OC4CC4)c(F)c3n2C)CC1. The van der Waals surface area contributed by atoms with Gasteiger partial charge in [0.15, 0.2) is 0 Å². The van der Waals surface area contributed by atoms with E-state index in [4.69, 9.17) is 14.2 Å². The highest BCUT2D eigenvalue weighted by atomic mass is 19.1. The average Bonchev–Trinajstić information content (AvgIpc) is 3.48. The van der Waals surface area contributed by atoms with E-state index in [-0.39, 0.29) is 42.2 Å². The summed E-state index contributed by atoms with van der Waals surface area (Å²) in [6, 6.07) is 0.347. The van der Waals surface area contributed by atoms with Crippen LogP contribution < -0.4 is 14.8 Å². The van der Waals surface area contributed by atoms with Gasteiger partial charge in [-0.1, -0.05) is 0 Å². The van der Waals surface area contributed by atoms with Crippen molar-refractivity contribution in [3.05, 3.63) is 12.0 Å². The number of carbonyl (C=O) groups is 1. The number of rotatable bonds is 8. The number of hydrogen-bond acceptors (Lipinski definition) is 6. The molecular formula is C22H31FN4O4. The van der Waals surface area contributed by atoms with E-state index in [1.165, 1.54) is 13.1 Å². The van der Waals surface area contributed by atoms with E-state index in [9.17, 15) is 9.18 Å². The largest absolute Gasteiger partial charge is 0.472 e. The second-order valence-corrected chi connectivity index (χ2v) is 8.73. The molecular weight excluding hydrogens is 403 g/mol. The molecule has 2 fully saturated rings. The standard InChI is InChI=1S/C22H31FN4O4/c1-12(25-14(3)28)13(2)29-15-5-9-17(10-6-15)31-22-26-18-11-24-21(30-16-7-8-16)19(23)20(18)27(22)4/h11-13,15-17H,5-10H2,1-4H3,(H,25,28)/t12-,13+,15?,17?/m0/s1. The van der Waals surface area contributed by atoms with Gasteiger partial charge in [-0.15, -0.1) is 0 Å². The molecule has 4 rings (SSSR count). The second kappa shape index (κ2) is 8.98. The minimum atomic E-state index is -0.492. The molecule has 0 radical (unpaired) electrons. The Kier molecular flexibility index (Phi) is 6.31. The van der Waals surface area contributed by atoms with Crippen molar-refractivity contribution in [1.29, 1.82) is 0 Å². The number of aryl methyl sites for hydroxylation is 1. The predicted octanol–water partition coefficient (Wildman–Crippen LogP) is 3.27. The number of carbonyl (C=O) groups excluding carboxylic acids is 1. The summed E-state index contributed by atoms with van der Waals surface area (Å²) in [6.07, 6.45) is 6.93. The Morgan fingerprint density at radius 2 is 1.74 bits per heavy atom. The van der Waals surface area contributed by atoms with Crippen molar-refractivity contribution >= 4 is 16.9 Å². The second-order valence-electron chi connectivity index (χ2n) is 8.73. The summed E-state index contributed by atoms with van der Waals surface area (Å²) in [5, 5.41) is 2.87. The number of fused-ring (bicyclic) bond motifs is 1. The first kappa shape index (κ1) is 21.8. The van der Waals surface area contributed by atoms with Crippen LogP contribution in [0.3, 0.4) is 0 Å². The monoisotopic (exact) mass is 434 g/mol. The lowest BCUT2D eigenvalue weighted by atomic mass is 9.94. The van der Waals surface area contributed by atoms with Crippen LogP contribution in [0.25, 0.3) is 11.0 Å². The number of imidazole rings is 1. The smallest absolute Gasteiger partial charge is 0.297 e. The number of nitrogens with one attached hydrogen (secondary N) is 1. The van der Waals surface area contributed by atoms with Gasteiger partial charge in [-0.25, -0.2) is 4.98 Å². The molecule has 2 aromatic rings. The van der Waals surface area contributed by atoms with Crippen LogP contribution in [0.2, 0.25) is 0 Å². The molecule has 2 heterocycles.